The van der Waals surface area contributed by atoms with Crippen molar-refractivity contribution in [1.29, 1.82) is 0 Å². The Morgan fingerprint density at radius 2 is 2.55 bits per heavy atom. The van der Waals surface area contributed by atoms with Gasteiger partial charge in [0, 0.05) is 14.3 Å². The normalized spacial score (nSPS) is 25.4. The molecule has 1 aromatic heterocycles. The van der Waals surface area contributed by atoms with E-state index in [0.717, 1.165) is 0 Å². The van der Waals surface area contributed by atoms with E-state index in [1.54, 1.807) is 0 Å². The Labute approximate surface area is 86.6 Å². The summed E-state index contributed by atoms with van der Waals surface area (Å²) in [6.45, 7) is -6.64. The summed E-state index contributed by atoms with van der Waals surface area (Å²) in [7, 11) is 0. The lowest BCUT2D eigenvalue weighted by Crippen LogP contribution is -2.07. The number of hydrogen-bond donors (Lipinski definition) is 0. The van der Waals surface area contributed by atoms with Crippen molar-refractivity contribution in [2.45, 2.75) is 19.8 Å². The Morgan fingerprint density at radius 3 is 3.27 bits per heavy atom. The predicted octanol–water partition coefficient (Wildman–Crippen LogP) is 2.03. The third-order valence-corrected chi connectivity index (χ3v) is 1.06. The topological polar surface area (TPSA) is 35.0 Å². The molecule has 0 unspecified atom stereocenters. The molecule has 0 aliphatic rings. The van der Waals surface area contributed by atoms with Crippen molar-refractivity contribution in [3.8, 4) is 5.88 Å². The maximum atomic E-state index is 7.61. The molecule has 11 heavy (non-hydrogen) atoms. The Bertz CT molecular complexity index is 500. The Kier molecular flexibility index (Phi) is 0.807. The fraction of sp³-hybridized carbons (Fsp3) is 0.429. The van der Waals surface area contributed by atoms with Crippen LogP contribution < -0.4 is 4.74 Å². The average Bonchev–Trinajstić information content (AvgIpc) is 2.27. The van der Waals surface area contributed by atoms with Crippen LogP contribution in [-0.2, 0) is 0 Å². The average molecular weight is 226 g/mol. The van der Waals surface area contributed by atoms with Gasteiger partial charge in [-0.3, -0.25) is 0 Å². The molecule has 0 saturated heterocycles. The zero-order valence-corrected chi connectivity index (χ0v) is 6.77. The highest BCUT2D eigenvalue weighted by Gasteiger charge is 1.98. The first kappa shape index (κ1) is 2.42. The second-order valence-electron chi connectivity index (χ2n) is 1.48. The lowest BCUT2D eigenvalue weighted by atomic mass is 10.5. The number of nitrogens with zero attached hydrogens (tertiary/aromatic N) is 2. The van der Waals surface area contributed by atoms with Gasteiger partial charge in [0.2, 0.25) is 5.88 Å². The van der Waals surface area contributed by atoms with E-state index in [2.05, 4.69) is 30.9 Å². The van der Waals surface area contributed by atoms with Gasteiger partial charge in [-0.05, 0) is 35.7 Å². The summed E-state index contributed by atoms with van der Waals surface area (Å²) in [5.41, 5.74) is 0. The summed E-state index contributed by atoms with van der Waals surface area (Å²) in [4.78, 5) is 0. The number of rotatable bonds is 2. The second-order valence-corrected chi connectivity index (χ2v) is 2.23. The number of hydrogen-bond acceptors (Lipinski definition) is 3. The van der Waals surface area contributed by atoms with Crippen molar-refractivity contribution in [3.05, 3.63) is 16.7 Å². The molecule has 0 aliphatic carbocycles. The zero-order chi connectivity index (χ0) is 15.9. The third-order valence-electron chi connectivity index (χ3n) is 0.700. The fourth-order valence-corrected chi connectivity index (χ4v) is 0.565. The molecule has 60 valence electrons. The quantitative estimate of drug-likeness (QED) is 0.773. The molecule has 0 bridgehead atoms. The van der Waals surface area contributed by atoms with Gasteiger partial charge in [-0.15, -0.1) is 10.2 Å². The minimum absolute atomic E-state index is 0.0896. The Morgan fingerprint density at radius 1 is 1.73 bits per heavy atom. The molecule has 0 N–H and O–H groups in total. The van der Waals surface area contributed by atoms with Gasteiger partial charge in [0.25, 0.3) is 0 Å². The summed E-state index contributed by atoms with van der Waals surface area (Å²) >= 11 is 2.83. The van der Waals surface area contributed by atoms with Gasteiger partial charge in [0.05, 0.1) is 10.2 Å². The predicted molar refractivity (Wildman–Crippen MR) is 45.5 cm³/mol. The first-order chi connectivity index (χ1) is 8.81. The first-order valence-corrected chi connectivity index (χ1v) is 3.29. The van der Waals surface area contributed by atoms with Gasteiger partial charge in [-0.2, -0.15) is 0 Å². The highest BCUT2D eigenvalue weighted by molar-refractivity contribution is 9.10. The molecule has 1 heterocycles. The van der Waals surface area contributed by atoms with Crippen LogP contribution in [0.2, 0.25) is 0 Å². The molecule has 4 heteroatoms. The van der Waals surface area contributed by atoms with Crippen molar-refractivity contribution >= 4 is 15.9 Å². The van der Waals surface area contributed by atoms with Crippen LogP contribution in [0.3, 0.4) is 0 Å². The monoisotopic (exact) mass is 225 g/mol. The van der Waals surface area contributed by atoms with E-state index in [0.29, 0.717) is 0 Å². The molecule has 1 aromatic rings. The standard InChI is InChI=1S/C7H9BrN2O/c1-5(2)11-7-4-3-6(8)9-10-7/h3-5H,1-2H3/i1D3,2D3,3D,4D,5D. The largest absolute Gasteiger partial charge is 0.474 e. The summed E-state index contributed by atoms with van der Waals surface area (Å²) in [5.74, 6) is -0.805. The molecule has 0 radical (unpaired) electrons. The van der Waals surface area contributed by atoms with Crippen LogP contribution in [0.25, 0.3) is 0 Å². The van der Waals surface area contributed by atoms with Gasteiger partial charge in [0.1, 0.15) is 4.60 Å². The molecule has 0 aliphatic heterocycles. The molecule has 0 amide bonds. The second kappa shape index (κ2) is 3.67. The Balaban J connectivity index is 3.33. The van der Waals surface area contributed by atoms with Crippen molar-refractivity contribution in [3.63, 3.8) is 0 Å². The van der Waals surface area contributed by atoms with Crippen molar-refractivity contribution < 1.29 is 17.1 Å². The van der Waals surface area contributed by atoms with E-state index < -0.39 is 37.7 Å². The van der Waals surface area contributed by atoms with Crippen LogP contribution in [0.5, 0.6) is 5.88 Å². The first-order valence-electron chi connectivity index (χ1n) is 6.99. The summed E-state index contributed by atoms with van der Waals surface area (Å²) in [6.07, 6.45) is -3.31. The number of aromatic nitrogens is 2. The van der Waals surface area contributed by atoms with E-state index in [1.165, 1.54) is 0 Å². The number of halogens is 1. The molecule has 0 spiro atoms. The lowest BCUT2D eigenvalue weighted by molar-refractivity contribution is 0.230. The molecule has 0 saturated carbocycles. The van der Waals surface area contributed by atoms with Crippen molar-refractivity contribution in [2.75, 3.05) is 0 Å². The van der Waals surface area contributed by atoms with Crippen LogP contribution in [0.15, 0.2) is 16.7 Å². The zero-order valence-electron chi connectivity index (χ0n) is 14.2. The smallest absolute Gasteiger partial charge is 0.233 e. The van der Waals surface area contributed by atoms with E-state index in [1.807, 2.05) is 0 Å². The fourth-order valence-electron chi connectivity index (χ4n) is 0.387. The molecule has 0 atom stereocenters. The van der Waals surface area contributed by atoms with E-state index in [-0.39, 0.29) is 4.60 Å². The summed E-state index contributed by atoms with van der Waals surface area (Å²) < 4.78 is 70.0. The molecular formula is C7H9BrN2O. The van der Waals surface area contributed by atoms with Crippen LogP contribution in [0.4, 0.5) is 0 Å². The van der Waals surface area contributed by atoms with Gasteiger partial charge >= 0.3 is 0 Å². The molecule has 0 fully saturated rings. The van der Waals surface area contributed by atoms with Crippen molar-refractivity contribution in [1.82, 2.24) is 10.2 Å². The maximum Gasteiger partial charge on any atom is 0.233 e. The highest BCUT2D eigenvalue weighted by Crippen LogP contribution is 2.09. The van der Waals surface area contributed by atoms with E-state index in [9.17, 15) is 0 Å². The molecular weight excluding hydrogens is 208 g/mol. The number of ether oxygens (including phenoxy) is 1. The van der Waals surface area contributed by atoms with Crippen molar-refractivity contribution in [2.24, 2.45) is 0 Å². The minimum Gasteiger partial charge on any atom is -0.474 e. The van der Waals surface area contributed by atoms with Gasteiger partial charge in [-0.25, -0.2) is 0 Å². The van der Waals surface area contributed by atoms with Crippen LogP contribution in [0.1, 0.15) is 26.0 Å². The molecule has 0 aromatic carbocycles. The van der Waals surface area contributed by atoms with Gasteiger partial charge in [0.15, 0.2) is 0 Å². The van der Waals surface area contributed by atoms with Crippen LogP contribution in [-0.4, -0.2) is 16.3 Å². The minimum atomic E-state index is -3.32. The van der Waals surface area contributed by atoms with Gasteiger partial charge in [-0.1, -0.05) is 0 Å². The van der Waals surface area contributed by atoms with Gasteiger partial charge < -0.3 is 4.74 Å². The maximum absolute atomic E-state index is 7.61. The van der Waals surface area contributed by atoms with Crippen LogP contribution in [0, 0.1) is 0 Å². The SMILES string of the molecule is [2H]c1c(Br)nnc(OC([2H])(C([2H])([2H])[2H])C([2H])([2H])[2H])c1[2H]. The van der Waals surface area contributed by atoms with E-state index >= 15 is 0 Å². The lowest BCUT2D eigenvalue weighted by Gasteiger charge is -2.06. The van der Waals surface area contributed by atoms with E-state index in [4.69, 9.17) is 12.3 Å². The summed E-state index contributed by atoms with van der Waals surface area (Å²) in [5, 5.41) is 6.68. The Hall–Kier alpha value is -0.640. The molecule has 3 nitrogen and oxygen atoms in total. The third kappa shape index (κ3) is 2.84. The molecule has 1 rings (SSSR count). The summed E-state index contributed by atoms with van der Waals surface area (Å²) in [6, 6.07) is -1.13. The highest BCUT2D eigenvalue weighted by atomic mass is 79.9. The van der Waals surface area contributed by atoms with Crippen LogP contribution >= 0.6 is 15.9 Å².